The van der Waals surface area contributed by atoms with Crippen molar-refractivity contribution >= 4 is 11.8 Å². The van der Waals surface area contributed by atoms with E-state index in [1.807, 2.05) is 29.9 Å². The van der Waals surface area contributed by atoms with E-state index >= 15 is 0 Å². The van der Waals surface area contributed by atoms with Gasteiger partial charge in [0.2, 0.25) is 0 Å². The molecule has 0 aliphatic heterocycles. The van der Waals surface area contributed by atoms with Gasteiger partial charge in [-0.05, 0) is 31.0 Å². The molecule has 2 amide bonds. The lowest BCUT2D eigenvalue weighted by Crippen LogP contribution is -2.30. The van der Waals surface area contributed by atoms with E-state index in [0.29, 0.717) is 12.4 Å². The Morgan fingerprint density at radius 2 is 2.32 bits per heavy atom. The lowest BCUT2D eigenvalue weighted by Gasteiger charge is -2.07. The smallest absolute Gasteiger partial charge is 0.320 e. The first-order valence-electron chi connectivity index (χ1n) is 6.19. The first-order chi connectivity index (χ1) is 9.24. The number of aromatic nitrogens is 3. The summed E-state index contributed by atoms with van der Waals surface area (Å²) in [4.78, 5) is 15.7. The highest BCUT2D eigenvalue weighted by molar-refractivity contribution is 5.88. The van der Waals surface area contributed by atoms with Gasteiger partial charge in [-0.3, -0.25) is 10.00 Å². The fourth-order valence-corrected chi connectivity index (χ4v) is 1.58. The summed E-state index contributed by atoms with van der Waals surface area (Å²) in [5.74, 6) is 0.551. The van der Waals surface area contributed by atoms with E-state index in [1.54, 1.807) is 18.5 Å². The Bertz CT molecular complexity index is 506. The molecule has 0 bridgehead atoms. The van der Waals surface area contributed by atoms with Crippen LogP contribution in [-0.2, 0) is 6.54 Å². The van der Waals surface area contributed by atoms with Crippen molar-refractivity contribution in [3.8, 4) is 0 Å². The second kappa shape index (κ2) is 6.53. The van der Waals surface area contributed by atoms with Crippen LogP contribution in [0.4, 0.5) is 10.6 Å². The highest BCUT2D eigenvalue weighted by Crippen LogP contribution is 2.03. The molecular formula is C13H17N5O. The molecule has 2 rings (SSSR count). The second-order valence-electron chi connectivity index (χ2n) is 4.22. The maximum Gasteiger partial charge on any atom is 0.320 e. The average Bonchev–Trinajstić information content (AvgIpc) is 2.91. The molecule has 2 aromatic heterocycles. The fraction of sp³-hybridized carbons (Fsp3) is 0.308. The number of nitrogens with zero attached hydrogens (tertiary/aromatic N) is 3. The molecule has 0 unspecified atom stereocenters. The molecule has 0 fully saturated rings. The third kappa shape index (κ3) is 4.42. The number of pyridine rings is 1. The Hall–Kier alpha value is -2.37. The van der Waals surface area contributed by atoms with Crippen molar-refractivity contribution in [1.82, 2.24) is 20.1 Å². The molecule has 100 valence electrons. The van der Waals surface area contributed by atoms with E-state index in [4.69, 9.17) is 0 Å². The summed E-state index contributed by atoms with van der Waals surface area (Å²) in [7, 11) is 0. The molecule has 2 N–H and O–H groups in total. The first kappa shape index (κ1) is 13.1. The van der Waals surface area contributed by atoms with E-state index in [-0.39, 0.29) is 6.03 Å². The third-order valence-electron chi connectivity index (χ3n) is 2.56. The predicted molar refractivity (Wildman–Crippen MR) is 72.8 cm³/mol. The average molecular weight is 259 g/mol. The number of anilines is 1. The molecule has 19 heavy (non-hydrogen) atoms. The highest BCUT2D eigenvalue weighted by Gasteiger charge is 2.01. The van der Waals surface area contributed by atoms with Gasteiger partial charge in [0.1, 0.15) is 5.82 Å². The third-order valence-corrected chi connectivity index (χ3v) is 2.56. The summed E-state index contributed by atoms with van der Waals surface area (Å²) >= 11 is 0. The van der Waals surface area contributed by atoms with Crippen LogP contribution >= 0.6 is 0 Å². The van der Waals surface area contributed by atoms with E-state index in [2.05, 4.69) is 20.7 Å². The minimum Gasteiger partial charge on any atom is -0.338 e. The SMILES string of the molecule is Cc1ccc(NC(=O)NCCCn2cccn2)nc1. The van der Waals surface area contributed by atoms with E-state index in [0.717, 1.165) is 18.5 Å². The Balaban J connectivity index is 1.65. The van der Waals surface area contributed by atoms with Gasteiger partial charge in [-0.1, -0.05) is 6.07 Å². The number of hydrogen-bond donors (Lipinski definition) is 2. The Kier molecular flexibility index (Phi) is 4.49. The summed E-state index contributed by atoms with van der Waals surface area (Å²) in [5, 5.41) is 9.54. The van der Waals surface area contributed by atoms with Crippen molar-refractivity contribution in [1.29, 1.82) is 0 Å². The van der Waals surface area contributed by atoms with Crippen LogP contribution in [0.5, 0.6) is 0 Å². The van der Waals surface area contributed by atoms with Gasteiger partial charge >= 0.3 is 6.03 Å². The summed E-state index contributed by atoms with van der Waals surface area (Å²) in [6, 6.07) is 5.32. The zero-order valence-corrected chi connectivity index (χ0v) is 10.8. The summed E-state index contributed by atoms with van der Waals surface area (Å²) in [5.41, 5.74) is 1.06. The topological polar surface area (TPSA) is 71.8 Å². The van der Waals surface area contributed by atoms with Gasteiger partial charge in [-0.2, -0.15) is 5.10 Å². The zero-order valence-electron chi connectivity index (χ0n) is 10.8. The standard InChI is InChI=1S/C13H17N5O/c1-11-4-5-12(15-10-11)17-13(19)14-6-2-8-18-9-3-7-16-18/h3-5,7,9-10H,2,6,8H2,1H3,(H2,14,15,17,19). The van der Waals surface area contributed by atoms with Crippen LogP contribution in [0.25, 0.3) is 0 Å². The van der Waals surface area contributed by atoms with Crippen molar-refractivity contribution < 1.29 is 4.79 Å². The van der Waals surface area contributed by atoms with Crippen LogP contribution in [-0.4, -0.2) is 27.3 Å². The monoisotopic (exact) mass is 259 g/mol. The van der Waals surface area contributed by atoms with Crippen molar-refractivity contribution in [2.24, 2.45) is 0 Å². The van der Waals surface area contributed by atoms with Crippen LogP contribution < -0.4 is 10.6 Å². The molecular weight excluding hydrogens is 242 g/mol. The summed E-state index contributed by atoms with van der Waals surface area (Å²) in [6.07, 6.45) is 6.18. The molecule has 0 aromatic carbocycles. The maximum absolute atomic E-state index is 11.6. The van der Waals surface area contributed by atoms with E-state index in [9.17, 15) is 4.79 Å². The van der Waals surface area contributed by atoms with Gasteiger partial charge in [0, 0.05) is 31.7 Å². The maximum atomic E-state index is 11.6. The van der Waals surface area contributed by atoms with Crippen molar-refractivity contribution in [3.63, 3.8) is 0 Å². The summed E-state index contributed by atoms with van der Waals surface area (Å²) in [6.45, 7) is 3.33. The number of urea groups is 1. The van der Waals surface area contributed by atoms with Crippen LogP contribution in [0.3, 0.4) is 0 Å². The number of amides is 2. The van der Waals surface area contributed by atoms with Gasteiger partial charge in [-0.25, -0.2) is 9.78 Å². The molecule has 0 aliphatic rings. The number of aryl methyl sites for hydroxylation is 2. The quantitative estimate of drug-likeness (QED) is 0.804. The molecule has 0 aliphatic carbocycles. The molecule has 0 radical (unpaired) electrons. The van der Waals surface area contributed by atoms with Crippen LogP contribution in [0.15, 0.2) is 36.8 Å². The zero-order chi connectivity index (χ0) is 13.5. The van der Waals surface area contributed by atoms with Gasteiger partial charge in [-0.15, -0.1) is 0 Å². The largest absolute Gasteiger partial charge is 0.338 e. The second-order valence-corrected chi connectivity index (χ2v) is 4.22. The Morgan fingerprint density at radius 1 is 1.42 bits per heavy atom. The molecule has 0 saturated heterocycles. The van der Waals surface area contributed by atoms with Crippen molar-refractivity contribution in [2.75, 3.05) is 11.9 Å². The Morgan fingerprint density at radius 3 is 3.00 bits per heavy atom. The number of rotatable bonds is 5. The van der Waals surface area contributed by atoms with Crippen LogP contribution in [0, 0.1) is 6.92 Å². The van der Waals surface area contributed by atoms with Crippen molar-refractivity contribution in [3.05, 3.63) is 42.4 Å². The number of nitrogens with one attached hydrogen (secondary N) is 2. The first-order valence-corrected chi connectivity index (χ1v) is 6.19. The molecule has 2 aromatic rings. The lowest BCUT2D eigenvalue weighted by molar-refractivity contribution is 0.251. The summed E-state index contributed by atoms with van der Waals surface area (Å²) < 4.78 is 1.83. The normalized spacial score (nSPS) is 10.2. The van der Waals surface area contributed by atoms with Gasteiger partial charge in [0.25, 0.3) is 0 Å². The number of carbonyl (C=O) groups excluding carboxylic acids is 1. The molecule has 2 heterocycles. The molecule has 6 heteroatoms. The molecule has 0 atom stereocenters. The highest BCUT2D eigenvalue weighted by atomic mass is 16.2. The Labute approximate surface area is 111 Å². The molecule has 0 saturated carbocycles. The predicted octanol–water partition coefficient (Wildman–Crippen LogP) is 1.80. The fourth-order valence-electron chi connectivity index (χ4n) is 1.58. The van der Waals surface area contributed by atoms with Crippen LogP contribution in [0.1, 0.15) is 12.0 Å². The number of carbonyl (C=O) groups is 1. The van der Waals surface area contributed by atoms with E-state index < -0.39 is 0 Å². The van der Waals surface area contributed by atoms with Gasteiger partial charge < -0.3 is 5.32 Å². The van der Waals surface area contributed by atoms with Crippen LogP contribution in [0.2, 0.25) is 0 Å². The molecule has 6 nitrogen and oxygen atoms in total. The van der Waals surface area contributed by atoms with Crippen molar-refractivity contribution in [2.45, 2.75) is 19.9 Å². The van der Waals surface area contributed by atoms with Gasteiger partial charge in [0.05, 0.1) is 0 Å². The number of hydrogen-bond acceptors (Lipinski definition) is 3. The van der Waals surface area contributed by atoms with Gasteiger partial charge in [0.15, 0.2) is 0 Å². The lowest BCUT2D eigenvalue weighted by atomic mass is 10.3. The molecule has 0 spiro atoms. The minimum atomic E-state index is -0.239. The minimum absolute atomic E-state index is 0.239. The van der Waals surface area contributed by atoms with E-state index in [1.165, 1.54) is 0 Å².